The zero-order chi connectivity index (χ0) is 38.3. The number of phosphoric ester groups is 1. The Morgan fingerprint density at radius 1 is 0.731 bits per heavy atom. The van der Waals surface area contributed by atoms with E-state index in [9.17, 15) is 24.2 Å². The number of allylic oxidation sites excluding steroid dienone is 4. The zero-order valence-corrected chi connectivity index (χ0v) is 33.3. The molecule has 1 saturated heterocycles. The monoisotopic (exact) mass is 758 g/mol. The summed E-state index contributed by atoms with van der Waals surface area (Å²) in [7, 11) is -4.63. The molecule has 12 heteroatoms. The van der Waals surface area contributed by atoms with Crippen LogP contribution in [0.25, 0.3) is 0 Å². The quantitative estimate of drug-likeness (QED) is 0.0186. The Morgan fingerprint density at radius 3 is 1.98 bits per heavy atom. The summed E-state index contributed by atoms with van der Waals surface area (Å²) in [5.74, 6) is -0.243. The van der Waals surface area contributed by atoms with Gasteiger partial charge >= 0.3 is 19.8 Å². The molecule has 302 valence electrons. The molecule has 0 aliphatic carbocycles. The number of aliphatic hydroxyl groups is 2. The predicted octanol–water partition coefficient (Wildman–Crippen LogP) is 8.84. The van der Waals surface area contributed by atoms with E-state index in [1.807, 2.05) is 12.2 Å². The molecule has 0 bridgehead atoms. The highest BCUT2D eigenvalue weighted by Crippen LogP contribution is 2.43. The van der Waals surface area contributed by atoms with Crippen molar-refractivity contribution in [2.45, 2.75) is 174 Å². The number of ether oxygens (including phenoxy) is 3. The second kappa shape index (κ2) is 31.5. The molecular formula is C40H71O11P. The maximum absolute atomic E-state index is 12.6. The van der Waals surface area contributed by atoms with Crippen LogP contribution >= 0.6 is 7.82 Å². The highest BCUT2D eigenvalue weighted by Gasteiger charge is 2.36. The van der Waals surface area contributed by atoms with Crippen molar-refractivity contribution in [1.82, 2.24) is 0 Å². The van der Waals surface area contributed by atoms with Crippen molar-refractivity contribution in [2.24, 2.45) is 5.92 Å². The van der Waals surface area contributed by atoms with Gasteiger partial charge in [0.05, 0.1) is 32.0 Å². The molecule has 0 saturated carbocycles. The maximum atomic E-state index is 12.6. The fraction of sp³-hybridized carbons (Fsp3) is 0.800. The minimum Gasteiger partial charge on any atom is -0.462 e. The molecule has 0 spiro atoms. The van der Waals surface area contributed by atoms with Crippen molar-refractivity contribution in [3.05, 3.63) is 36.5 Å². The smallest absolute Gasteiger partial charge is 0.462 e. The summed E-state index contributed by atoms with van der Waals surface area (Å²) in [4.78, 5) is 34.8. The number of rotatable bonds is 35. The van der Waals surface area contributed by atoms with Gasteiger partial charge in [-0.05, 0) is 57.3 Å². The molecule has 1 aliphatic heterocycles. The van der Waals surface area contributed by atoms with E-state index in [0.717, 1.165) is 50.9 Å². The van der Waals surface area contributed by atoms with Crippen LogP contribution < -0.4 is 0 Å². The molecule has 11 nitrogen and oxygen atoms in total. The van der Waals surface area contributed by atoms with Gasteiger partial charge in [0.15, 0.2) is 6.10 Å². The molecule has 0 aromatic carbocycles. The molecule has 3 unspecified atom stereocenters. The summed E-state index contributed by atoms with van der Waals surface area (Å²) in [6.45, 7) is 4.53. The fourth-order valence-corrected chi connectivity index (χ4v) is 6.18. The van der Waals surface area contributed by atoms with Gasteiger partial charge in [0.2, 0.25) is 0 Å². The largest absolute Gasteiger partial charge is 0.472 e. The number of unbranched alkanes of at least 4 members (excludes halogenated alkanes) is 11. The number of hydrogen-bond acceptors (Lipinski definition) is 10. The lowest BCUT2D eigenvalue weighted by molar-refractivity contribution is -0.161. The van der Waals surface area contributed by atoms with Crippen LogP contribution in [0.2, 0.25) is 0 Å². The Balaban J connectivity index is 2.33. The van der Waals surface area contributed by atoms with Crippen LogP contribution in [-0.4, -0.2) is 77.9 Å². The molecule has 0 amide bonds. The van der Waals surface area contributed by atoms with Crippen LogP contribution in [0.3, 0.4) is 0 Å². The number of carbonyl (C=O) groups excluding carboxylic acids is 2. The summed E-state index contributed by atoms with van der Waals surface area (Å²) in [5, 5.41) is 18.3. The molecule has 5 atom stereocenters. The summed E-state index contributed by atoms with van der Waals surface area (Å²) < 4.78 is 38.3. The van der Waals surface area contributed by atoms with Crippen molar-refractivity contribution in [1.29, 1.82) is 0 Å². The number of hydrogen-bond donors (Lipinski definition) is 3. The van der Waals surface area contributed by atoms with Gasteiger partial charge in [-0.15, -0.1) is 0 Å². The van der Waals surface area contributed by atoms with Crippen LogP contribution in [0.1, 0.15) is 149 Å². The molecule has 3 N–H and O–H groups in total. The first kappa shape index (κ1) is 48.2. The van der Waals surface area contributed by atoms with Crippen molar-refractivity contribution in [2.75, 3.05) is 26.4 Å². The van der Waals surface area contributed by atoms with Crippen LogP contribution in [0.4, 0.5) is 0 Å². The summed E-state index contributed by atoms with van der Waals surface area (Å²) in [6, 6.07) is 0. The molecule has 1 rings (SSSR count). The van der Waals surface area contributed by atoms with E-state index in [4.69, 9.17) is 23.8 Å². The van der Waals surface area contributed by atoms with Crippen LogP contribution in [0.5, 0.6) is 0 Å². The van der Waals surface area contributed by atoms with Crippen molar-refractivity contribution in [3.8, 4) is 0 Å². The van der Waals surface area contributed by atoms with E-state index >= 15 is 0 Å². The van der Waals surface area contributed by atoms with Crippen molar-refractivity contribution < 1.29 is 52.5 Å². The van der Waals surface area contributed by atoms with E-state index in [1.165, 1.54) is 51.4 Å². The summed E-state index contributed by atoms with van der Waals surface area (Å²) >= 11 is 0. The van der Waals surface area contributed by atoms with Gasteiger partial charge in [-0.3, -0.25) is 18.6 Å². The zero-order valence-electron chi connectivity index (χ0n) is 32.4. The van der Waals surface area contributed by atoms with Gasteiger partial charge in [-0.2, -0.15) is 0 Å². The van der Waals surface area contributed by atoms with Gasteiger partial charge in [-0.1, -0.05) is 121 Å². The van der Waals surface area contributed by atoms with Gasteiger partial charge in [0.1, 0.15) is 12.7 Å². The Morgan fingerprint density at radius 2 is 1.31 bits per heavy atom. The third-order valence-electron chi connectivity index (χ3n) is 8.63. The molecule has 1 aliphatic rings. The molecule has 0 radical (unpaired) electrons. The second-order valence-corrected chi connectivity index (χ2v) is 15.6. The lowest BCUT2D eigenvalue weighted by Gasteiger charge is -2.20. The Labute approximate surface area is 314 Å². The number of carbonyl (C=O) groups is 2. The highest BCUT2D eigenvalue weighted by atomic mass is 31.2. The third kappa shape index (κ3) is 29.6. The van der Waals surface area contributed by atoms with Crippen molar-refractivity contribution >= 4 is 19.8 Å². The minimum atomic E-state index is -4.63. The SMILES string of the molecule is CCCCC/C=C\CC1OC1C/C=C\C/C=C\CCCC(=O)O[C@H](COC(=O)CCCCCCCCCCC(C)C)COP(=O)(O)OC[C@@H](O)CO. The van der Waals surface area contributed by atoms with Crippen LogP contribution in [0, 0.1) is 5.92 Å². The van der Waals surface area contributed by atoms with Gasteiger partial charge in [-0.25, -0.2) is 4.57 Å². The number of esters is 2. The normalized spacial score (nSPS) is 18.4. The fourth-order valence-electron chi connectivity index (χ4n) is 5.39. The standard InChI is InChI=1S/C40H71O11P/c1-4-5-6-7-16-21-26-37-38(51-37)27-22-17-12-10-14-19-24-29-40(44)50-36(33-49-52(45,46)48-31-35(42)30-41)32-47-39(43)28-23-18-13-9-8-11-15-20-25-34(2)3/h10,14,16-17,21-22,34-38,41-42H,4-9,11-13,15,18-20,23-33H2,1-3H3,(H,45,46)/b14-10-,21-16-,22-17-/t35-,36+,37?,38?/m0/s1. The average molecular weight is 759 g/mol. The first-order chi connectivity index (χ1) is 25.1. The van der Waals surface area contributed by atoms with E-state index in [2.05, 4.69) is 49.6 Å². The lowest BCUT2D eigenvalue weighted by Crippen LogP contribution is -2.29. The molecule has 1 fully saturated rings. The first-order valence-electron chi connectivity index (χ1n) is 19.9. The van der Waals surface area contributed by atoms with Crippen LogP contribution in [0.15, 0.2) is 36.5 Å². The second-order valence-electron chi connectivity index (χ2n) is 14.2. The average Bonchev–Trinajstić information content (AvgIpc) is 3.87. The molecule has 0 aromatic rings. The topological polar surface area (TPSA) is 161 Å². The van der Waals surface area contributed by atoms with E-state index in [-0.39, 0.29) is 19.4 Å². The molecular weight excluding hydrogens is 687 g/mol. The number of epoxide rings is 1. The number of phosphoric acid groups is 1. The molecule has 0 aromatic heterocycles. The minimum absolute atomic E-state index is 0.103. The van der Waals surface area contributed by atoms with E-state index in [1.54, 1.807) is 0 Å². The maximum Gasteiger partial charge on any atom is 0.472 e. The third-order valence-corrected chi connectivity index (χ3v) is 9.58. The van der Waals surface area contributed by atoms with Gasteiger partial charge in [0.25, 0.3) is 0 Å². The van der Waals surface area contributed by atoms with Crippen molar-refractivity contribution in [3.63, 3.8) is 0 Å². The number of aliphatic hydroxyl groups excluding tert-OH is 2. The first-order valence-corrected chi connectivity index (χ1v) is 21.4. The highest BCUT2D eigenvalue weighted by molar-refractivity contribution is 7.47. The van der Waals surface area contributed by atoms with Gasteiger partial charge in [0, 0.05) is 12.8 Å². The van der Waals surface area contributed by atoms with E-state index < -0.39 is 51.8 Å². The molecule has 1 heterocycles. The lowest BCUT2D eigenvalue weighted by atomic mass is 10.0. The Bertz CT molecular complexity index is 1040. The Kier molecular flexibility index (Phi) is 29.2. The van der Waals surface area contributed by atoms with Gasteiger partial charge < -0.3 is 29.3 Å². The van der Waals surface area contributed by atoms with E-state index in [0.29, 0.717) is 31.5 Å². The van der Waals surface area contributed by atoms with Crippen LogP contribution in [-0.2, 0) is 37.4 Å². The Hall–Kier alpha value is -1.85. The molecule has 52 heavy (non-hydrogen) atoms. The predicted molar refractivity (Wildman–Crippen MR) is 205 cm³/mol. The summed E-state index contributed by atoms with van der Waals surface area (Å²) in [5.41, 5.74) is 0. The summed E-state index contributed by atoms with van der Waals surface area (Å²) in [6.07, 6.45) is 30.2.